The van der Waals surface area contributed by atoms with Crippen molar-refractivity contribution in [3.8, 4) is 5.88 Å². The summed E-state index contributed by atoms with van der Waals surface area (Å²) in [5.74, 6) is 1.16. The van der Waals surface area contributed by atoms with Crippen molar-refractivity contribution in [3.05, 3.63) is 30.0 Å². The number of ether oxygens (including phenoxy) is 1. The first kappa shape index (κ1) is 10.7. The minimum absolute atomic E-state index is 0.541. The summed E-state index contributed by atoms with van der Waals surface area (Å²) in [6, 6.07) is 5.63. The zero-order valence-electron chi connectivity index (χ0n) is 8.80. The minimum Gasteiger partial charge on any atom is -0.481 e. The summed E-state index contributed by atoms with van der Waals surface area (Å²) in [5, 5.41) is 4.18. The SMILES string of the molecule is COc1cc(CNc2cc(N)ns2)ccn1. The minimum atomic E-state index is 0.541. The van der Waals surface area contributed by atoms with Crippen molar-refractivity contribution in [1.29, 1.82) is 0 Å². The monoisotopic (exact) mass is 236 g/mol. The standard InChI is InChI=1S/C10H12N4OS/c1-15-9-4-7(2-3-12-9)6-13-10-5-8(11)14-16-10/h2-5,13H,6H2,1H3,(H2,11,14). The first-order chi connectivity index (χ1) is 7.78. The molecule has 0 aliphatic heterocycles. The molecule has 0 atom stereocenters. The maximum Gasteiger partial charge on any atom is 0.213 e. The maximum absolute atomic E-state index is 5.52. The van der Waals surface area contributed by atoms with Gasteiger partial charge in [-0.2, -0.15) is 4.37 Å². The van der Waals surface area contributed by atoms with Gasteiger partial charge in [-0.25, -0.2) is 4.98 Å². The molecule has 0 amide bonds. The predicted molar refractivity (Wildman–Crippen MR) is 64.6 cm³/mol. The van der Waals surface area contributed by atoms with Crippen LogP contribution in [0.25, 0.3) is 0 Å². The van der Waals surface area contributed by atoms with Crippen LogP contribution in [0.3, 0.4) is 0 Å². The predicted octanol–water partition coefficient (Wildman–Crippen LogP) is 1.74. The van der Waals surface area contributed by atoms with Gasteiger partial charge in [-0.05, 0) is 23.2 Å². The Morgan fingerprint density at radius 2 is 2.38 bits per heavy atom. The Morgan fingerprint density at radius 1 is 1.50 bits per heavy atom. The summed E-state index contributed by atoms with van der Waals surface area (Å²) in [6.07, 6.45) is 1.72. The fourth-order valence-corrected chi connectivity index (χ4v) is 1.80. The van der Waals surface area contributed by atoms with Crippen molar-refractivity contribution in [1.82, 2.24) is 9.36 Å². The molecule has 6 heteroatoms. The van der Waals surface area contributed by atoms with Gasteiger partial charge in [-0.3, -0.25) is 0 Å². The zero-order chi connectivity index (χ0) is 11.4. The summed E-state index contributed by atoms with van der Waals surface area (Å²) in [7, 11) is 1.60. The van der Waals surface area contributed by atoms with Gasteiger partial charge in [0.2, 0.25) is 5.88 Å². The zero-order valence-corrected chi connectivity index (χ0v) is 9.62. The van der Waals surface area contributed by atoms with E-state index >= 15 is 0 Å². The third-order valence-corrected chi connectivity index (χ3v) is 2.76. The molecular weight excluding hydrogens is 224 g/mol. The van der Waals surface area contributed by atoms with Gasteiger partial charge < -0.3 is 15.8 Å². The summed E-state index contributed by atoms with van der Waals surface area (Å²) in [5.41, 5.74) is 6.62. The Kier molecular flexibility index (Phi) is 3.21. The first-order valence-corrected chi connectivity index (χ1v) is 5.50. The quantitative estimate of drug-likeness (QED) is 0.846. The molecule has 0 fully saturated rings. The average molecular weight is 236 g/mol. The molecule has 5 nitrogen and oxygen atoms in total. The van der Waals surface area contributed by atoms with Crippen LogP contribution < -0.4 is 15.8 Å². The van der Waals surface area contributed by atoms with Gasteiger partial charge in [0.15, 0.2) is 0 Å². The average Bonchev–Trinajstić information content (AvgIpc) is 2.73. The Labute approximate surface area is 97.4 Å². The smallest absolute Gasteiger partial charge is 0.213 e. The molecule has 0 aliphatic rings. The fourth-order valence-electron chi connectivity index (χ4n) is 1.23. The van der Waals surface area contributed by atoms with Crippen molar-refractivity contribution >= 4 is 22.4 Å². The number of aromatic nitrogens is 2. The van der Waals surface area contributed by atoms with Crippen LogP contribution in [0.2, 0.25) is 0 Å². The number of nitrogens with two attached hydrogens (primary N) is 1. The van der Waals surface area contributed by atoms with E-state index in [1.165, 1.54) is 11.5 Å². The molecule has 0 unspecified atom stereocenters. The molecule has 2 aromatic heterocycles. The van der Waals surface area contributed by atoms with Crippen LogP contribution in [0.5, 0.6) is 5.88 Å². The lowest BCUT2D eigenvalue weighted by Crippen LogP contribution is -1.98. The highest BCUT2D eigenvalue weighted by Gasteiger charge is 2.00. The second-order valence-electron chi connectivity index (χ2n) is 3.18. The number of pyridine rings is 1. The van der Waals surface area contributed by atoms with Crippen molar-refractivity contribution in [2.45, 2.75) is 6.54 Å². The van der Waals surface area contributed by atoms with Crippen molar-refractivity contribution in [2.75, 3.05) is 18.2 Å². The number of rotatable bonds is 4. The van der Waals surface area contributed by atoms with E-state index in [9.17, 15) is 0 Å². The van der Waals surface area contributed by atoms with E-state index in [4.69, 9.17) is 10.5 Å². The van der Waals surface area contributed by atoms with Gasteiger partial charge in [0.05, 0.1) is 7.11 Å². The molecule has 0 saturated carbocycles. The Hall–Kier alpha value is -1.82. The van der Waals surface area contributed by atoms with Crippen LogP contribution in [0, 0.1) is 0 Å². The normalized spacial score (nSPS) is 10.1. The molecule has 2 heterocycles. The van der Waals surface area contributed by atoms with Crippen LogP contribution in [0.15, 0.2) is 24.4 Å². The van der Waals surface area contributed by atoms with Crippen LogP contribution in [0.4, 0.5) is 10.8 Å². The van der Waals surface area contributed by atoms with Gasteiger partial charge >= 0.3 is 0 Å². The molecule has 84 valence electrons. The molecule has 2 rings (SSSR count). The molecule has 0 aliphatic carbocycles. The second kappa shape index (κ2) is 4.80. The first-order valence-electron chi connectivity index (χ1n) is 4.73. The molecule has 16 heavy (non-hydrogen) atoms. The lowest BCUT2D eigenvalue weighted by Gasteiger charge is -2.04. The highest BCUT2D eigenvalue weighted by molar-refractivity contribution is 7.10. The summed E-state index contributed by atoms with van der Waals surface area (Å²) >= 11 is 1.35. The number of hydrogen-bond acceptors (Lipinski definition) is 6. The Bertz CT molecular complexity index is 471. The molecule has 0 radical (unpaired) electrons. The van der Waals surface area contributed by atoms with E-state index in [2.05, 4.69) is 14.7 Å². The number of nitrogen functional groups attached to an aromatic ring is 1. The van der Waals surface area contributed by atoms with Crippen molar-refractivity contribution < 1.29 is 4.74 Å². The highest BCUT2D eigenvalue weighted by atomic mass is 32.1. The van der Waals surface area contributed by atoms with E-state index < -0.39 is 0 Å². The number of methoxy groups -OCH3 is 1. The lowest BCUT2D eigenvalue weighted by atomic mass is 10.2. The molecule has 0 aromatic carbocycles. The molecule has 2 aromatic rings. The van der Waals surface area contributed by atoms with Gasteiger partial charge in [0.1, 0.15) is 10.8 Å². The third kappa shape index (κ3) is 2.60. The van der Waals surface area contributed by atoms with E-state index in [0.29, 0.717) is 18.2 Å². The van der Waals surface area contributed by atoms with Crippen LogP contribution in [-0.2, 0) is 6.54 Å². The van der Waals surface area contributed by atoms with Crippen LogP contribution in [-0.4, -0.2) is 16.5 Å². The third-order valence-electron chi connectivity index (χ3n) is 2.00. The van der Waals surface area contributed by atoms with Crippen molar-refractivity contribution in [2.24, 2.45) is 0 Å². The fraction of sp³-hybridized carbons (Fsp3) is 0.200. The Balaban J connectivity index is 1.99. The van der Waals surface area contributed by atoms with E-state index in [-0.39, 0.29) is 0 Å². The van der Waals surface area contributed by atoms with Gasteiger partial charge in [0.25, 0.3) is 0 Å². The number of anilines is 2. The molecule has 0 spiro atoms. The topological polar surface area (TPSA) is 73.1 Å². The summed E-state index contributed by atoms with van der Waals surface area (Å²) in [6.45, 7) is 0.695. The number of hydrogen-bond donors (Lipinski definition) is 2. The number of nitrogens with one attached hydrogen (secondary N) is 1. The molecule has 0 bridgehead atoms. The van der Waals surface area contributed by atoms with Crippen LogP contribution in [0.1, 0.15) is 5.56 Å². The van der Waals surface area contributed by atoms with E-state index in [0.717, 1.165) is 10.6 Å². The lowest BCUT2D eigenvalue weighted by molar-refractivity contribution is 0.397. The van der Waals surface area contributed by atoms with Gasteiger partial charge in [-0.15, -0.1) is 0 Å². The van der Waals surface area contributed by atoms with E-state index in [1.807, 2.05) is 18.2 Å². The summed E-state index contributed by atoms with van der Waals surface area (Å²) in [4.78, 5) is 4.04. The largest absolute Gasteiger partial charge is 0.481 e. The van der Waals surface area contributed by atoms with E-state index in [1.54, 1.807) is 13.3 Å². The molecule has 0 saturated heterocycles. The molecule has 3 N–H and O–H groups in total. The second-order valence-corrected chi connectivity index (χ2v) is 3.98. The van der Waals surface area contributed by atoms with Crippen LogP contribution >= 0.6 is 11.5 Å². The van der Waals surface area contributed by atoms with Gasteiger partial charge in [-0.1, -0.05) is 0 Å². The Morgan fingerprint density at radius 3 is 3.06 bits per heavy atom. The van der Waals surface area contributed by atoms with Crippen molar-refractivity contribution in [3.63, 3.8) is 0 Å². The highest BCUT2D eigenvalue weighted by Crippen LogP contribution is 2.18. The number of nitrogens with zero attached hydrogens (tertiary/aromatic N) is 2. The van der Waals surface area contributed by atoms with Gasteiger partial charge in [0, 0.05) is 24.9 Å². The molecular formula is C10H12N4OS. The summed E-state index contributed by atoms with van der Waals surface area (Å²) < 4.78 is 9.02. The maximum atomic E-state index is 5.52.